The minimum Gasteiger partial charge on any atom is -0.481 e. The predicted octanol–water partition coefficient (Wildman–Crippen LogP) is 5.30. The van der Waals surface area contributed by atoms with Crippen LogP contribution in [0.4, 0.5) is 4.79 Å². The lowest BCUT2D eigenvalue weighted by Gasteiger charge is -2.29. The number of carbonyl (C=O) groups is 3. The molecule has 7 nitrogen and oxygen atoms in total. The summed E-state index contributed by atoms with van der Waals surface area (Å²) in [4.78, 5) is 39.0. The lowest BCUT2D eigenvalue weighted by Crippen LogP contribution is -2.44. The van der Waals surface area contributed by atoms with Gasteiger partial charge in [0.05, 0.1) is 12.3 Å². The molecule has 0 saturated heterocycles. The van der Waals surface area contributed by atoms with Crippen molar-refractivity contribution in [2.75, 3.05) is 19.7 Å². The maximum Gasteiger partial charge on any atom is 0.407 e. The average molecular weight is 515 g/mol. The molecule has 38 heavy (non-hydrogen) atoms. The Morgan fingerprint density at radius 3 is 2.05 bits per heavy atom. The Kier molecular flexibility index (Phi) is 8.79. The summed E-state index contributed by atoms with van der Waals surface area (Å²) in [7, 11) is 0. The Morgan fingerprint density at radius 1 is 0.895 bits per heavy atom. The molecule has 0 saturated carbocycles. The highest BCUT2D eigenvalue weighted by Gasteiger charge is 2.30. The molecule has 0 radical (unpaired) electrons. The zero-order valence-electron chi connectivity index (χ0n) is 21.8. The van der Waals surface area contributed by atoms with E-state index in [0.29, 0.717) is 6.54 Å². The smallest absolute Gasteiger partial charge is 0.407 e. The van der Waals surface area contributed by atoms with Crippen LogP contribution in [-0.2, 0) is 20.9 Å². The monoisotopic (exact) mass is 514 g/mol. The van der Waals surface area contributed by atoms with E-state index in [1.807, 2.05) is 68.4 Å². The van der Waals surface area contributed by atoms with Gasteiger partial charge in [-0.15, -0.1) is 0 Å². The molecule has 0 aliphatic heterocycles. The van der Waals surface area contributed by atoms with E-state index in [-0.39, 0.29) is 43.9 Å². The Bertz CT molecular complexity index is 1230. The third-order valence-electron chi connectivity index (χ3n) is 7.06. The second-order valence-electron chi connectivity index (χ2n) is 9.95. The molecule has 0 bridgehead atoms. The van der Waals surface area contributed by atoms with Gasteiger partial charge in [-0.05, 0) is 33.7 Å². The summed E-state index contributed by atoms with van der Waals surface area (Å²) >= 11 is 0. The van der Waals surface area contributed by atoms with Crippen LogP contribution in [0.15, 0.2) is 78.9 Å². The Labute approximate surface area is 223 Å². The van der Waals surface area contributed by atoms with Crippen molar-refractivity contribution in [2.45, 2.75) is 32.7 Å². The lowest BCUT2D eigenvalue weighted by molar-refractivity contribution is -0.140. The molecular formula is C31H34N2O5. The first kappa shape index (κ1) is 26.9. The first-order valence-corrected chi connectivity index (χ1v) is 13.0. The summed E-state index contributed by atoms with van der Waals surface area (Å²) in [6.45, 7) is 4.53. The van der Waals surface area contributed by atoms with E-state index in [4.69, 9.17) is 4.74 Å². The van der Waals surface area contributed by atoms with Crippen LogP contribution in [0, 0.1) is 11.8 Å². The van der Waals surface area contributed by atoms with E-state index in [1.54, 1.807) is 4.90 Å². The summed E-state index contributed by atoms with van der Waals surface area (Å²) in [5.74, 6) is -1.79. The highest BCUT2D eigenvalue weighted by atomic mass is 16.5. The van der Waals surface area contributed by atoms with Crippen molar-refractivity contribution in [3.05, 3.63) is 95.6 Å². The Balaban J connectivity index is 1.38. The molecule has 0 fully saturated rings. The first-order valence-electron chi connectivity index (χ1n) is 13.0. The topological polar surface area (TPSA) is 95.9 Å². The molecule has 0 spiro atoms. The molecule has 1 aliphatic rings. The SMILES string of the molecule is CC(C)C(CNC(=O)OCC1c2ccccc2-c2ccccc21)C(=O)N(CCC(=O)O)Cc1ccccc1. The fourth-order valence-electron chi connectivity index (χ4n) is 4.99. The van der Waals surface area contributed by atoms with Crippen molar-refractivity contribution in [1.82, 2.24) is 10.2 Å². The number of hydrogen-bond donors (Lipinski definition) is 2. The third-order valence-corrected chi connectivity index (χ3v) is 7.06. The quantitative estimate of drug-likeness (QED) is 0.362. The van der Waals surface area contributed by atoms with Gasteiger partial charge in [-0.1, -0.05) is 92.7 Å². The number of alkyl carbamates (subject to hydrolysis) is 1. The number of rotatable bonds is 11. The highest BCUT2D eigenvalue weighted by molar-refractivity contribution is 5.81. The maximum atomic E-state index is 13.5. The Morgan fingerprint density at radius 2 is 1.47 bits per heavy atom. The Hall–Kier alpha value is -4.13. The normalized spacial score (nSPS) is 12.9. The number of hydrogen-bond acceptors (Lipinski definition) is 4. The van der Waals surface area contributed by atoms with E-state index in [1.165, 1.54) is 0 Å². The summed E-state index contributed by atoms with van der Waals surface area (Å²) in [5.41, 5.74) is 5.49. The van der Waals surface area contributed by atoms with Gasteiger partial charge in [0.15, 0.2) is 0 Å². The number of amides is 2. The fourth-order valence-corrected chi connectivity index (χ4v) is 4.99. The number of fused-ring (bicyclic) bond motifs is 3. The van der Waals surface area contributed by atoms with Gasteiger partial charge in [0.2, 0.25) is 5.91 Å². The van der Waals surface area contributed by atoms with Crippen molar-refractivity contribution in [1.29, 1.82) is 0 Å². The van der Waals surface area contributed by atoms with Crippen LogP contribution >= 0.6 is 0 Å². The summed E-state index contributed by atoms with van der Waals surface area (Å²) in [6.07, 6.45) is -0.728. The molecule has 1 atom stereocenters. The predicted molar refractivity (Wildman–Crippen MR) is 146 cm³/mol. The van der Waals surface area contributed by atoms with Gasteiger partial charge >= 0.3 is 12.1 Å². The van der Waals surface area contributed by atoms with Gasteiger partial charge in [-0.3, -0.25) is 9.59 Å². The van der Waals surface area contributed by atoms with Gasteiger partial charge in [0.1, 0.15) is 6.61 Å². The van der Waals surface area contributed by atoms with E-state index < -0.39 is 18.0 Å². The van der Waals surface area contributed by atoms with Crippen molar-refractivity contribution < 1.29 is 24.2 Å². The average Bonchev–Trinajstić information content (AvgIpc) is 3.23. The summed E-state index contributed by atoms with van der Waals surface area (Å²) < 4.78 is 5.63. The summed E-state index contributed by atoms with van der Waals surface area (Å²) in [5, 5.41) is 12.0. The molecule has 0 heterocycles. The maximum absolute atomic E-state index is 13.5. The molecule has 2 N–H and O–H groups in total. The van der Waals surface area contributed by atoms with E-state index in [2.05, 4.69) is 29.6 Å². The van der Waals surface area contributed by atoms with Gasteiger partial charge in [0, 0.05) is 25.6 Å². The van der Waals surface area contributed by atoms with Crippen LogP contribution in [-0.4, -0.2) is 47.7 Å². The minimum atomic E-state index is -0.964. The summed E-state index contributed by atoms with van der Waals surface area (Å²) in [6, 6.07) is 25.7. The number of aliphatic carboxylic acids is 1. The second kappa shape index (κ2) is 12.4. The largest absolute Gasteiger partial charge is 0.481 e. The molecule has 4 rings (SSSR count). The lowest BCUT2D eigenvalue weighted by atomic mass is 9.93. The highest BCUT2D eigenvalue weighted by Crippen LogP contribution is 2.44. The van der Waals surface area contributed by atoms with Crippen LogP contribution in [0.25, 0.3) is 11.1 Å². The number of benzene rings is 3. The number of carboxylic acids is 1. The second-order valence-corrected chi connectivity index (χ2v) is 9.95. The molecule has 198 valence electrons. The van der Waals surface area contributed by atoms with Crippen LogP contribution in [0.5, 0.6) is 0 Å². The zero-order valence-corrected chi connectivity index (χ0v) is 21.8. The van der Waals surface area contributed by atoms with Crippen molar-refractivity contribution in [3.63, 3.8) is 0 Å². The third kappa shape index (κ3) is 6.40. The van der Waals surface area contributed by atoms with E-state index in [0.717, 1.165) is 27.8 Å². The van der Waals surface area contributed by atoms with Gasteiger partial charge in [0.25, 0.3) is 0 Å². The molecule has 1 unspecified atom stereocenters. The molecular weight excluding hydrogens is 480 g/mol. The van der Waals surface area contributed by atoms with E-state index in [9.17, 15) is 19.5 Å². The van der Waals surface area contributed by atoms with Crippen molar-refractivity contribution in [2.24, 2.45) is 11.8 Å². The first-order chi connectivity index (χ1) is 18.3. The van der Waals surface area contributed by atoms with Gasteiger partial charge in [-0.25, -0.2) is 4.79 Å². The number of nitrogens with one attached hydrogen (secondary N) is 1. The number of carbonyl (C=O) groups excluding carboxylic acids is 2. The molecule has 3 aromatic rings. The van der Waals surface area contributed by atoms with Crippen LogP contribution in [0.3, 0.4) is 0 Å². The van der Waals surface area contributed by atoms with Crippen molar-refractivity contribution in [3.8, 4) is 11.1 Å². The molecule has 2 amide bonds. The van der Waals surface area contributed by atoms with Crippen LogP contribution < -0.4 is 5.32 Å². The molecule has 1 aliphatic carbocycles. The van der Waals surface area contributed by atoms with Crippen LogP contribution in [0.2, 0.25) is 0 Å². The van der Waals surface area contributed by atoms with Crippen LogP contribution in [0.1, 0.15) is 42.9 Å². The van der Waals surface area contributed by atoms with Crippen molar-refractivity contribution >= 4 is 18.0 Å². The fraction of sp³-hybridized carbons (Fsp3) is 0.323. The minimum absolute atomic E-state index is 0.0481. The molecule has 3 aromatic carbocycles. The van der Waals surface area contributed by atoms with Gasteiger partial charge < -0.3 is 20.1 Å². The number of carboxylic acid groups (broad SMARTS) is 1. The zero-order chi connectivity index (χ0) is 27.1. The number of nitrogens with zero attached hydrogens (tertiary/aromatic N) is 1. The van der Waals surface area contributed by atoms with Gasteiger partial charge in [-0.2, -0.15) is 0 Å². The standard InChI is InChI=1S/C31H34N2O5/c1-21(2)27(30(36)33(17-16-29(34)35)19-22-10-4-3-5-11-22)18-32-31(37)38-20-28-25-14-8-6-12-23(25)24-13-7-9-15-26(24)28/h3-15,21,27-28H,16-20H2,1-2H3,(H,32,37)(H,34,35). The number of ether oxygens (including phenoxy) is 1. The van der Waals surface area contributed by atoms with E-state index >= 15 is 0 Å². The molecule has 7 heteroatoms. The molecule has 0 aromatic heterocycles.